The van der Waals surface area contributed by atoms with E-state index in [1.165, 1.54) is 30.6 Å². The number of imidazole rings is 1. The van der Waals surface area contributed by atoms with Crippen molar-refractivity contribution in [1.82, 2.24) is 9.38 Å². The van der Waals surface area contributed by atoms with Gasteiger partial charge in [0.2, 0.25) is 0 Å². The molecule has 2 heterocycles. The average molecular weight is 465 g/mol. The maximum Gasteiger partial charge on any atom is 0.339 e. The molecule has 0 atom stereocenters. The largest absolute Gasteiger partial charge is 0.497 e. The van der Waals surface area contributed by atoms with E-state index in [0.29, 0.717) is 15.2 Å². The lowest BCUT2D eigenvalue weighted by Gasteiger charge is -2.08. The highest BCUT2D eigenvalue weighted by Gasteiger charge is 2.17. The molecule has 0 aliphatic heterocycles. The van der Waals surface area contributed by atoms with Crippen LogP contribution in [-0.4, -0.2) is 24.9 Å². The predicted molar refractivity (Wildman–Crippen MR) is 123 cm³/mol. The van der Waals surface area contributed by atoms with Gasteiger partial charge in [-0.3, -0.25) is 4.79 Å². The number of thiazole rings is 1. The summed E-state index contributed by atoms with van der Waals surface area (Å²) in [7, 11) is -2.47. The first-order valence-electron chi connectivity index (χ1n) is 9.55. The second-order valence-corrected chi connectivity index (χ2v) is 9.47. The minimum absolute atomic E-state index is 0.0269. The van der Waals surface area contributed by atoms with Gasteiger partial charge in [-0.25, -0.2) is 9.38 Å². The summed E-state index contributed by atoms with van der Waals surface area (Å²) >= 11 is 1.31. The van der Waals surface area contributed by atoms with Crippen LogP contribution in [0.1, 0.15) is 5.56 Å². The SMILES string of the molecule is COc1ccc(S(=O)(=O)Oc2ccc(C=c3sc4nc5ccccc5n4c3=O)cc2)cc1. The molecular weight excluding hydrogens is 448 g/mol. The van der Waals surface area contributed by atoms with Crippen molar-refractivity contribution in [3.05, 3.63) is 93.2 Å². The summed E-state index contributed by atoms with van der Waals surface area (Å²) in [6.45, 7) is 0. The van der Waals surface area contributed by atoms with E-state index in [1.54, 1.807) is 46.9 Å². The first kappa shape index (κ1) is 20.2. The molecule has 3 aromatic carbocycles. The number of ether oxygens (including phenoxy) is 1. The maximum absolute atomic E-state index is 12.9. The van der Waals surface area contributed by atoms with Gasteiger partial charge in [0.1, 0.15) is 16.4 Å². The van der Waals surface area contributed by atoms with Crippen molar-refractivity contribution in [3.63, 3.8) is 0 Å². The zero-order valence-corrected chi connectivity index (χ0v) is 18.4. The molecule has 160 valence electrons. The third-order valence-corrected chi connectivity index (χ3v) is 7.11. The molecule has 5 aromatic rings. The quantitative estimate of drug-likeness (QED) is 0.371. The van der Waals surface area contributed by atoms with Gasteiger partial charge < -0.3 is 8.92 Å². The van der Waals surface area contributed by atoms with Crippen LogP contribution < -0.4 is 19.0 Å². The molecule has 0 N–H and O–H groups in total. The molecule has 2 aromatic heterocycles. The summed E-state index contributed by atoms with van der Waals surface area (Å²) in [6.07, 6.45) is 1.75. The molecule has 9 heteroatoms. The van der Waals surface area contributed by atoms with Crippen LogP contribution in [0.2, 0.25) is 0 Å². The fourth-order valence-electron chi connectivity index (χ4n) is 3.30. The van der Waals surface area contributed by atoms with Crippen LogP contribution in [0.15, 0.2) is 82.5 Å². The molecule has 7 nitrogen and oxygen atoms in total. The monoisotopic (exact) mass is 464 g/mol. The van der Waals surface area contributed by atoms with Crippen LogP contribution in [0.4, 0.5) is 0 Å². The molecule has 0 amide bonds. The topological polar surface area (TPSA) is 87.0 Å². The Morgan fingerprint density at radius 2 is 1.62 bits per heavy atom. The van der Waals surface area contributed by atoms with Gasteiger partial charge >= 0.3 is 10.1 Å². The van der Waals surface area contributed by atoms with Crippen LogP contribution in [0.25, 0.3) is 22.1 Å². The minimum Gasteiger partial charge on any atom is -0.497 e. The number of nitrogens with zero attached hydrogens (tertiary/aromatic N) is 2. The molecule has 0 aliphatic carbocycles. The molecule has 0 unspecified atom stereocenters. The van der Waals surface area contributed by atoms with Crippen molar-refractivity contribution in [1.29, 1.82) is 0 Å². The summed E-state index contributed by atoms with van der Waals surface area (Å²) in [5, 5.41) is 0. The highest BCUT2D eigenvalue weighted by atomic mass is 32.2. The van der Waals surface area contributed by atoms with Crippen LogP contribution >= 0.6 is 11.3 Å². The number of hydrogen-bond donors (Lipinski definition) is 0. The normalized spacial score (nSPS) is 12.5. The fraction of sp³-hybridized carbons (Fsp3) is 0.0435. The van der Waals surface area contributed by atoms with Crippen LogP contribution in [-0.2, 0) is 10.1 Å². The number of benzene rings is 3. The van der Waals surface area contributed by atoms with Crippen LogP contribution in [0.5, 0.6) is 11.5 Å². The zero-order valence-electron chi connectivity index (χ0n) is 16.8. The Kier molecular flexibility index (Phi) is 4.91. The van der Waals surface area contributed by atoms with E-state index in [1.807, 2.05) is 24.3 Å². The standard InChI is InChI=1S/C23H16N2O5S2/c1-29-16-10-12-18(13-11-16)32(27,28)30-17-8-6-15(7-9-17)14-21-22(26)25-20-5-3-2-4-19(20)24-23(25)31-21/h2-14H,1H3. The first-order chi connectivity index (χ1) is 15.4. The van der Waals surface area contributed by atoms with E-state index in [2.05, 4.69) is 4.98 Å². The second kappa shape index (κ2) is 7.77. The zero-order chi connectivity index (χ0) is 22.3. The van der Waals surface area contributed by atoms with Crippen molar-refractivity contribution in [2.24, 2.45) is 0 Å². The fourth-order valence-corrected chi connectivity index (χ4v) is 5.22. The molecule has 0 radical (unpaired) electrons. The molecule has 0 spiro atoms. The second-order valence-electron chi connectivity index (χ2n) is 6.92. The van der Waals surface area contributed by atoms with Crippen LogP contribution in [0, 0.1) is 0 Å². The van der Waals surface area contributed by atoms with Crippen molar-refractivity contribution in [3.8, 4) is 11.5 Å². The summed E-state index contributed by atoms with van der Waals surface area (Å²) in [4.78, 5) is 18.0. The van der Waals surface area contributed by atoms with Crippen molar-refractivity contribution < 1.29 is 17.3 Å². The third-order valence-electron chi connectivity index (χ3n) is 4.88. The predicted octanol–water partition coefficient (Wildman–Crippen LogP) is 3.23. The van der Waals surface area contributed by atoms with Gasteiger partial charge in [0.15, 0.2) is 4.96 Å². The lowest BCUT2D eigenvalue weighted by Crippen LogP contribution is -2.22. The third kappa shape index (κ3) is 3.61. The van der Waals surface area contributed by atoms with Crippen molar-refractivity contribution in [2.75, 3.05) is 7.11 Å². The van der Waals surface area contributed by atoms with E-state index in [4.69, 9.17) is 8.92 Å². The Labute approximate surface area is 186 Å². The molecule has 0 fully saturated rings. The highest BCUT2D eigenvalue weighted by Crippen LogP contribution is 2.22. The van der Waals surface area contributed by atoms with Gasteiger partial charge in [-0.2, -0.15) is 8.42 Å². The first-order valence-corrected chi connectivity index (χ1v) is 11.8. The van der Waals surface area contributed by atoms with Crippen LogP contribution in [0.3, 0.4) is 0 Å². The smallest absolute Gasteiger partial charge is 0.339 e. The Morgan fingerprint density at radius 1 is 0.938 bits per heavy atom. The van der Waals surface area contributed by atoms with Gasteiger partial charge in [-0.05, 0) is 60.2 Å². The number of aromatic nitrogens is 2. The van der Waals surface area contributed by atoms with E-state index in [9.17, 15) is 13.2 Å². The van der Waals surface area contributed by atoms with Gasteiger partial charge in [-0.1, -0.05) is 35.6 Å². The van der Waals surface area contributed by atoms with E-state index in [-0.39, 0.29) is 16.2 Å². The Balaban J connectivity index is 1.43. The lowest BCUT2D eigenvalue weighted by atomic mass is 10.2. The summed E-state index contributed by atoms with van der Waals surface area (Å²) in [5.74, 6) is 0.725. The molecule has 32 heavy (non-hydrogen) atoms. The number of fused-ring (bicyclic) bond motifs is 3. The van der Waals surface area contributed by atoms with Gasteiger partial charge in [0.25, 0.3) is 5.56 Å². The van der Waals surface area contributed by atoms with Crippen molar-refractivity contribution >= 4 is 43.5 Å². The highest BCUT2D eigenvalue weighted by molar-refractivity contribution is 7.87. The molecule has 5 rings (SSSR count). The Bertz CT molecular complexity index is 1650. The van der Waals surface area contributed by atoms with E-state index >= 15 is 0 Å². The molecular formula is C23H16N2O5S2. The Morgan fingerprint density at radius 3 is 2.34 bits per heavy atom. The van der Waals surface area contributed by atoms with Gasteiger partial charge in [-0.15, -0.1) is 0 Å². The van der Waals surface area contributed by atoms with Gasteiger partial charge in [0, 0.05) is 0 Å². The average Bonchev–Trinajstić information content (AvgIpc) is 3.31. The van der Waals surface area contributed by atoms with E-state index in [0.717, 1.165) is 16.6 Å². The lowest BCUT2D eigenvalue weighted by molar-refractivity contribution is 0.414. The van der Waals surface area contributed by atoms with Crippen molar-refractivity contribution in [2.45, 2.75) is 4.90 Å². The summed E-state index contributed by atoms with van der Waals surface area (Å²) < 4.78 is 37.4. The number of para-hydroxylation sites is 2. The van der Waals surface area contributed by atoms with E-state index < -0.39 is 10.1 Å². The summed E-state index contributed by atoms with van der Waals surface area (Å²) in [5.41, 5.74) is 2.16. The molecule has 0 aliphatic rings. The molecule has 0 saturated heterocycles. The number of rotatable bonds is 5. The van der Waals surface area contributed by atoms with Gasteiger partial charge in [0.05, 0.1) is 22.7 Å². The summed E-state index contributed by atoms with van der Waals surface area (Å²) in [6, 6.07) is 19.9. The number of methoxy groups -OCH3 is 1. The Hall–Kier alpha value is -3.69. The maximum atomic E-state index is 12.9. The number of hydrogen-bond acceptors (Lipinski definition) is 7. The molecule has 0 saturated carbocycles. The minimum atomic E-state index is -3.97. The molecule has 0 bridgehead atoms.